The Hall–Kier alpha value is -2.28. The summed E-state index contributed by atoms with van der Waals surface area (Å²) < 4.78 is 23.5. The zero-order valence-electron chi connectivity index (χ0n) is 11.3. The molecule has 1 unspecified atom stereocenters. The van der Waals surface area contributed by atoms with Crippen LogP contribution in [0.1, 0.15) is 25.5 Å². The summed E-state index contributed by atoms with van der Waals surface area (Å²) in [4.78, 5) is 0. The lowest BCUT2D eigenvalue weighted by Gasteiger charge is -2.23. The first-order valence-electron chi connectivity index (χ1n) is 6.96. The molecule has 0 spiro atoms. The zero-order valence-corrected chi connectivity index (χ0v) is 11.3. The lowest BCUT2D eigenvalue weighted by Crippen LogP contribution is -2.19. The van der Waals surface area contributed by atoms with Crippen LogP contribution in [-0.4, -0.2) is 31.2 Å². The lowest BCUT2D eigenvalue weighted by molar-refractivity contribution is -0.0366. The molecule has 21 heavy (non-hydrogen) atoms. The van der Waals surface area contributed by atoms with E-state index in [0.29, 0.717) is 11.1 Å². The zero-order chi connectivity index (χ0) is 14.2. The molecule has 0 bridgehead atoms. The van der Waals surface area contributed by atoms with E-state index >= 15 is 0 Å². The summed E-state index contributed by atoms with van der Waals surface area (Å²) in [6, 6.07) is 3.34. The third-order valence-electron chi connectivity index (χ3n) is 3.80. The van der Waals surface area contributed by atoms with Crippen LogP contribution in [0.4, 0.5) is 4.39 Å². The van der Waals surface area contributed by atoms with Crippen LogP contribution in [0.25, 0.3) is 16.6 Å². The van der Waals surface area contributed by atoms with E-state index in [-0.39, 0.29) is 12.0 Å². The lowest BCUT2D eigenvalue weighted by atomic mass is 10.2. The number of hydrogen-bond acceptors (Lipinski definition) is 4. The molecule has 0 radical (unpaired) electrons. The number of benzene rings is 1. The van der Waals surface area contributed by atoms with Crippen molar-refractivity contribution in [2.75, 3.05) is 6.61 Å². The van der Waals surface area contributed by atoms with Crippen molar-refractivity contribution in [2.45, 2.75) is 25.5 Å². The minimum Gasteiger partial charge on any atom is -0.356 e. The smallest absolute Gasteiger partial charge is 0.150 e. The first kappa shape index (κ1) is 12.5. The van der Waals surface area contributed by atoms with Gasteiger partial charge in [-0.3, -0.25) is 4.57 Å². The van der Waals surface area contributed by atoms with Crippen molar-refractivity contribution in [3.63, 3.8) is 0 Å². The minimum absolute atomic E-state index is 0.119. The van der Waals surface area contributed by atoms with Gasteiger partial charge in [0, 0.05) is 6.61 Å². The van der Waals surface area contributed by atoms with Gasteiger partial charge in [0.25, 0.3) is 0 Å². The van der Waals surface area contributed by atoms with Gasteiger partial charge in [-0.15, -0.1) is 10.2 Å². The predicted octanol–water partition coefficient (Wildman–Crippen LogP) is 2.46. The standard InChI is InChI=1S/C14H14FN5O/c15-12-5-10(19-8-16-17-9-19)6-13-11(12)7-18-20(13)14-3-1-2-4-21-14/h5-9,14H,1-4H2. The van der Waals surface area contributed by atoms with E-state index in [9.17, 15) is 4.39 Å². The number of aromatic nitrogens is 5. The van der Waals surface area contributed by atoms with Crippen molar-refractivity contribution >= 4 is 10.9 Å². The molecule has 1 atom stereocenters. The Morgan fingerprint density at radius 2 is 2.05 bits per heavy atom. The maximum absolute atomic E-state index is 14.3. The molecule has 108 valence electrons. The Kier molecular flexibility index (Phi) is 2.92. The van der Waals surface area contributed by atoms with Crippen LogP contribution in [0.15, 0.2) is 31.0 Å². The molecule has 7 heteroatoms. The first-order chi connectivity index (χ1) is 10.3. The number of fused-ring (bicyclic) bond motifs is 1. The molecule has 1 aliphatic rings. The van der Waals surface area contributed by atoms with Crippen molar-refractivity contribution in [3.05, 3.63) is 36.8 Å². The Morgan fingerprint density at radius 3 is 2.81 bits per heavy atom. The summed E-state index contributed by atoms with van der Waals surface area (Å²) in [6.07, 6.45) is 7.58. The topological polar surface area (TPSA) is 57.8 Å². The van der Waals surface area contributed by atoms with E-state index < -0.39 is 0 Å². The predicted molar refractivity (Wildman–Crippen MR) is 73.4 cm³/mol. The van der Waals surface area contributed by atoms with Crippen LogP contribution >= 0.6 is 0 Å². The monoisotopic (exact) mass is 287 g/mol. The fourth-order valence-corrected chi connectivity index (χ4v) is 2.72. The van der Waals surface area contributed by atoms with Crippen LogP contribution in [0.5, 0.6) is 0 Å². The molecule has 2 aromatic heterocycles. The van der Waals surface area contributed by atoms with Crippen molar-refractivity contribution in [1.82, 2.24) is 24.5 Å². The van der Waals surface area contributed by atoms with Crippen LogP contribution < -0.4 is 0 Å². The molecule has 0 N–H and O–H groups in total. The van der Waals surface area contributed by atoms with E-state index in [0.717, 1.165) is 31.4 Å². The molecule has 1 aliphatic heterocycles. The van der Waals surface area contributed by atoms with Gasteiger partial charge in [-0.2, -0.15) is 5.10 Å². The number of halogens is 1. The van der Waals surface area contributed by atoms with Gasteiger partial charge in [0.15, 0.2) is 6.23 Å². The summed E-state index contributed by atoms with van der Waals surface area (Å²) in [5.41, 5.74) is 1.40. The highest BCUT2D eigenvalue weighted by molar-refractivity contribution is 5.81. The SMILES string of the molecule is Fc1cc(-n2cnnc2)cc2c1cnn2C1CCCCO1. The molecule has 3 heterocycles. The summed E-state index contributed by atoms with van der Waals surface area (Å²) in [6.45, 7) is 0.722. The molecule has 0 aliphatic carbocycles. The second-order valence-corrected chi connectivity index (χ2v) is 5.14. The number of nitrogens with zero attached hydrogens (tertiary/aromatic N) is 5. The number of hydrogen-bond donors (Lipinski definition) is 0. The summed E-state index contributed by atoms with van der Waals surface area (Å²) >= 11 is 0. The van der Waals surface area contributed by atoms with E-state index in [1.54, 1.807) is 28.1 Å². The van der Waals surface area contributed by atoms with E-state index in [1.807, 2.05) is 6.07 Å². The van der Waals surface area contributed by atoms with Gasteiger partial charge in [0.1, 0.15) is 18.5 Å². The van der Waals surface area contributed by atoms with Gasteiger partial charge in [-0.1, -0.05) is 0 Å². The molecule has 0 amide bonds. The fraction of sp³-hybridized carbons (Fsp3) is 0.357. The van der Waals surface area contributed by atoms with Crippen LogP contribution in [0.2, 0.25) is 0 Å². The summed E-state index contributed by atoms with van der Waals surface area (Å²) in [7, 11) is 0. The average Bonchev–Trinajstić information content (AvgIpc) is 3.18. The molecule has 3 aromatic rings. The third kappa shape index (κ3) is 2.09. The van der Waals surface area contributed by atoms with Gasteiger partial charge < -0.3 is 4.74 Å². The maximum atomic E-state index is 14.3. The fourth-order valence-electron chi connectivity index (χ4n) is 2.72. The second-order valence-electron chi connectivity index (χ2n) is 5.14. The third-order valence-corrected chi connectivity index (χ3v) is 3.80. The quantitative estimate of drug-likeness (QED) is 0.726. The Morgan fingerprint density at radius 1 is 1.19 bits per heavy atom. The number of rotatable bonds is 2. The van der Waals surface area contributed by atoms with E-state index in [4.69, 9.17) is 4.74 Å². The Balaban J connectivity index is 1.85. The maximum Gasteiger partial charge on any atom is 0.150 e. The highest BCUT2D eigenvalue weighted by Gasteiger charge is 2.20. The van der Waals surface area contributed by atoms with Crippen LogP contribution in [-0.2, 0) is 4.74 Å². The molecule has 6 nitrogen and oxygen atoms in total. The van der Waals surface area contributed by atoms with Crippen molar-refractivity contribution in [3.8, 4) is 5.69 Å². The van der Waals surface area contributed by atoms with E-state index in [1.165, 1.54) is 6.07 Å². The van der Waals surface area contributed by atoms with Crippen molar-refractivity contribution in [2.24, 2.45) is 0 Å². The molecule has 4 rings (SSSR count). The number of ether oxygens (including phenoxy) is 1. The highest BCUT2D eigenvalue weighted by atomic mass is 19.1. The van der Waals surface area contributed by atoms with Gasteiger partial charge in [0.05, 0.1) is 22.8 Å². The minimum atomic E-state index is -0.307. The van der Waals surface area contributed by atoms with Gasteiger partial charge in [0.2, 0.25) is 0 Å². The summed E-state index contributed by atoms with van der Waals surface area (Å²) in [5, 5.41) is 12.3. The molecule has 1 aromatic carbocycles. The van der Waals surface area contributed by atoms with Gasteiger partial charge in [-0.25, -0.2) is 9.07 Å². The first-order valence-corrected chi connectivity index (χ1v) is 6.96. The molecule has 1 saturated heterocycles. The Labute approximate surface area is 120 Å². The normalized spacial score (nSPS) is 19.2. The van der Waals surface area contributed by atoms with Crippen LogP contribution in [0, 0.1) is 5.82 Å². The van der Waals surface area contributed by atoms with Gasteiger partial charge >= 0.3 is 0 Å². The van der Waals surface area contributed by atoms with Gasteiger partial charge in [-0.05, 0) is 31.4 Å². The summed E-state index contributed by atoms with van der Waals surface area (Å²) in [5.74, 6) is -0.307. The average molecular weight is 287 g/mol. The van der Waals surface area contributed by atoms with Crippen molar-refractivity contribution < 1.29 is 9.13 Å². The largest absolute Gasteiger partial charge is 0.356 e. The highest BCUT2D eigenvalue weighted by Crippen LogP contribution is 2.28. The second kappa shape index (κ2) is 4.92. The molecule has 1 fully saturated rings. The Bertz CT molecular complexity index is 761. The molecular formula is C14H14FN5O. The van der Waals surface area contributed by atoms with E-state index in [2.05, 4.69) is 15.3 Å². The van der Waals surface area contributed by atoms with Crippen LogP contribution in [0.3, 0.4) is 0 Å². The molecular weight excluding hydrogens is 273 g/mol. The molecule has 0 saturated carbocycles. The van der Waals surface area contributed by atoms with Crippen molar-refractivity contribution in [1.29, 1.82) is 0 Å².